The van der Waals surface area contributed by atoms with Crippen LogP contribution in [-0.2, 0) is 31.5 Å². The number of hydrogen-bond donors (Lipinski definition) is 3. The molecule has 0 bridgehead atoms. The minimum atomic E-state index is -3.45. The molecular formula is C24H39N3O6S. The van der Waals surface area contributed by atoms with Crippen LogP contribution in [0.25, 0.3) is 0 Å². The molecule has 1 amide bonds. The van der Waals surface area contributed by atoms with Gasteiger partial charge in [-0.15, -0.1) is 0 Å². The Morgan fingerprint density at radius 3 is 2.53 bits per heavy atom. The number of rotatable bonds is 7. The molecule has 0 saturated carbocycles. The average molecular weight is 498 g/mol. The Hall–Kier alpha value is -1.72. The minimum absolute atomic E-state index is 0.0586. The first-order chi connectivity index (χ1) is 15.6. The summed E-state index contributed by atoms with van der Waals surface area (Å²) in [6, 6.07) is 5.52. The van der Waals surface area contributed by atoms with Gasteiger partial charge in [0, 0.05) is 25.2 Å². The highest BCUT2D eigenvalue weighted by atomic mass is 32.2. The summed E-state index contributed by atoms with van der Waals surface area (Å²) in [7, 11) is -3.45. The van der Waals surface area contributed by atoms with Gasteiger partial charge in [-0.1, -0.05) is 32.9 Å². The van der Waals surface area contributed by atoms with Crippen LogP contribution in [0.5, 0.6) is 5.75 Å². The number of nitrogens with zero attached hydrogens (tertiary/aromatic N) is 1. The van der Waals surface area contributed by atoms with Gasteiger partial charge in [-0.2, -0.15) is 0 Å². The van der Waals surface area contributed by atoms with Crippen molar-refractivity contribution < 1.29 is 27.8 Å². The van der Waals surface area contributed by atoms with Crippen molar-refractivity contribution in [3.63, 3.8) is 0 Å². The summed E-state index contributed by atoms with van der Waals surface area (Å²) in [4.78, 5) is 13.6. The molecule has 2 aliphatic heterocycles. The molecule has 0 unspecified atom stereocenters. The number of sulfonamides is 1. The third kappa shape index (κ3) is 6.91. The largest absolute Gasteiger partial charge is 0.483 e. The van der Waals surface area contributed by atoms with E-state index in [2.05, 4.69) is 36.5 Å². The smallest absolute Gasteiger partial charge is 0.255 e. The van der Waals surface area contributed by atoms with E-state index < -0.39 is 33.2 Å². The summed E-state index contributed by atoms with van der Waals surface area (Å²) >= 11 is 0. The molecule has 2 aliphatic rings. The van der Waals surface area contributed by atoms with Crippen LogP contribution < -0.4 is 15.2 Å². The average Bonchev–Trinajstić information content (AvgIpc) is 2.70. The maximum Gasteiger partial charge on any atom is 0.255 e. The molecule has 2 fully saturated rings. The number of piperidine rings is 1. The molecule has 1 aromatic carbocycles. The second-order valence-electron chi connectivity index (χ2n) is 11.1. The van der Waals surface area contributed by atoms with Gasteiger partial charge in [0.15, 0.2) is 6.61 Å². The fraction of sp³-hybridized carbons (Fsp3) is 0.708. The lowest BCUT2D eigenvalue weighted by Gasteiger charge is -2.50. The van der Waals surface area contributed by atoms with Crippen LogP contribution in [0.15, 0.2) is 18.2 Å². The minimum Gasteiger partial charge on any atom is -0.483 e. The van der Waals surface area contributed by atoms with Gasteiger partial charge in [0.05, 0.1) is 24.5 Å². The maximum absolute atomic E-state index is 11.8. The summed E-state index contributed by atoms with van der Waals surface area (Å²) in [5, 5.41) is 10.6. The third-order valence-electron chi connectivity index (χ3n) is 6.82. The highest BCUT2D eigenvalue weighted by molar-refractivity contribution is 7.88. The van der Waals surface area contributed by atoms with Crippen LogP contribution in [0.2, 0.25) is 0 Å². The van der Waals surface area contributed by atoms with Crippen LogP contribution in [0, 0.1) is 0 Å². The Morgan fingerprint density at radius 1 is 1.32 bits per heavy atom. The van der Waals surface area contributed by atoms with Gasteiger partial charge in [0.2, 0.25) is 10.0 Å². The number of amides is 1. The fourth-order valence-electron chi connectivity index (χ4n) is 4.62. The summed E-state index contributed by atoms with van der Waals surface area (Å²) in [5.74, 6) is 0.142. The predicted octanol–water partition coefficient (Wildman–Crippen LogP) is 1.27. The van der Waals surface area contributed by atoms with Gasteiger partial charge >= 0.3 is 0 Å². The van der Waals surface area contributed by atoms with Gasteiger partial charge in [-0.3, -0.25) is 9.69 Å². The van der Waals surface area contributed by atoms with Crippen molar-refractivity contribution in [2.45, 2.75) is 76.2 Å². The number of carbonyl (C=O) groups excluding carboxylic acids is 1. The number of primary amides is 1. The number of likely N-dealkylation sites (tertiary alicyclic amines) is 1. The number of benzene rings is 1. The van der Waals surface area contributed by atoms with Crippen molar-refractivity contribution in [2.24, 2.45) is 5.73 Å². The molecule has 34 heavy (non-hydrogen) atoms. The summed E-state index contributed by atoms with van der Waals surface area (Å²) in [6.07, 6.45) is 2.98. The summed E-state index contributed by atoms with van der Waals surface area (Å²) in [5.41, 5.74) is 5.60. The van der Waals surface area contributed by atoms with Gasteiger partial charge < -0.3 is 20.3 Å². The van der Waals surface area contributed by atoms with Crippen molar-refractivity contribution in [1.82, 2.24) is 9.62 Å². The number of carbonyl (C=O) groups is 1. The van der Waals surface area contributed by atoms with E-state index in [0.717, 1.165) is 43.3 Å². The SMILES string of the molecule is CC(C)(C)c1ccc(CN2CCC3(CC2)C[C@H](NS(C)(=O)=O)[C@@](C)(O)CO3)c(OCC(N)=O)c1. The van der Waals surface area contributed by atoms with Crippen molar-refractivity contribution in [2.75, 3.05) is 32.6 Å². The van der Waals surface area contributed by atoms with Gasteiger partial charge in [-0.25, -0.2) is 13.1 Å². The molecule has 3 rings (SSSR count). The number of ether oxygens (including phenoxy) is 2. The molecule has 0 aliphatic carbocycles. The normalized spacial score (nSPS) is 25.9. The second-order valence-corrected chi connectivity index (χ2v) is 12.9. The third-order valence-corrected chi connectivity index (χ3v) is 7.53. The van der Waals surface area contributed by atoms with Crippen LogP contribution in [0.4, 0.5) is 0 Å². The molecular weight excluding hydrogens is 458 g/mol. The van der Waals surface area contributed by atoms with E-state index in [1.165, 1.54) is 0 Å². The Morgan fingerprint density at radius 2 is 1.97 bits per heavy atom. The fourth-order valence-corrected chi connectivity index (χ4v) is 5.47. The predicted molar refractivity (Wildman–Crippen MR) is 130 cm³/mol. The van der Waals surface area contributed by atoms with Gasteiger partial charge in [0.25, 0.3) is 5.91 Å². The zero-order chi connectivity index (χ0) is 25.4. The molecule has 2 saturated heterocycles. The van der Waals surface area contributed by atoms with E-state index in [4.69, 9.17) is 15.2 Å². The zero-order valence-corrected chi connectivity index (χ0v) is 21.7. The van der Waals surface area contributed by atoms with E-state index in [1.54, 1.807) is 6.92 Å². The molecule has 192 valence electrons. The van der Waals surface area contributed by atoms with Crippen molar-refractivity contribution in [3.8, 4) is 5.75 Å². The Bertz CT molecular complexity index is 994. The lowest BCUT2D eigenvalue weighted by Crippen LogP contribution is -2.63. The number of nitrogens with one attached hydrogen (secondary N) is 1. The van der Waals surface area contributed by atoms with Gasteiger partial charge in [-0.05, 0) is 43.2 Å². The molecule has 1 spiro atoms. The molecule has 0 aromatic heterocycles. The number of aliphatic hydroxyl groups is 1. The number of nitrogens with two attached hydrogens (primary N) is 1. The second kappa shape index (κ2) is 9.73. The van der Waals surface area contributed by atoms with Crippen LogP contribution in [0.3, 0.4) is 0 Å². The van der Waals surface area contributed by atoms with Crippen LogP contribution in [0.1, 0.15) is 58.1 Å². The first-order valence-corrected chi connectivity index (χ1v) is 13.6. The molecule has 4 N–H and O–H groups in total. The van der Waals surface area contributed by atoms with Crippen molar-refractivity contribution >= 4 is 15.9 Å². The first-order valence-electron chi connectivity index (χ1n) is 11.7. The monoisotopic (exact) mass is 497 g/mol. The molecule has 2 heterocycles. The van der Waals surface area contributed by atoms with E-state index in [9.17, 15) is 18.3 Å². The quantitative estimate of drug-likeness (QED) is 0.517. The number of hydrogen-bond acceptors (Lipinski definition) is 7. The van der Waals surface area contributed by atoms with E-state index in [-0.39, 0.29) is 18.6 Å². The van der Waals surface area contributed by atoms with E-state index >= 15 is 0 Å². The molecule has 1 aromatic rings. The molecule has 2 atom stereocenters. The molecule has 10 heteroatoms. The molecule has 0 radical (unpaired) electrons. The Balaban J connectivity index is 1.69. The van der Waals surface area contributed by atoms with E-state index in [0.29, 0.717) is 18.7 Å². The topological polar surface area (TPSA) is 131 Å². The lowest BCUT2D eigenvalue weighted by atomic mass is 9.78. The lowest BCUT2D eigenvalue weighted by molar-refractivity contribution is -0.190. The standard InChI is InChI=1S/C24H39N3O6S/c1-22(2,3)18-7-6-17(19(12-18)32-15-21(25)28)14-27-10-8-24(9-11-27)13-20(26-34(5,30)31)23(4,29)16-33-24/h6-7,12,20,26,29H,8-11,13-16H2,1-5H3,(H2,25,28)/t20-,23-/m0/s1. The highest BCUT2D eigenvalue weighted by Crippen LogP contribution is 2.39. The van der Waals surface area contributed by atoms with Crippen LogP contribution in [-0.4, -0.2) is 74.1 Å². The van der Waals surface area contributed by atoms with Crippen molar-refractivity contribution in [3.05, 3.63) is 29.3 Å². The Kier molecular flexibility index (Phi) is 7.69. The Labute approximate surface area is 203 Å². The maximum atomic E-state index is 11.8. The van der Waals surface area contributed by atoms with Gasteiger partial charge in [0.1, 0.15) is 11.4 Å². The first kappa shape index (κ1) is 26.9. The molecule has 9 nitrogen and oxygen atoms in total. The zero-order valence-electron chi connectivity index (χ0n) is 20.9. The highest BCUT2D eigenvalue weighted by Gasteiger charge is 2.49. The summed E-state index contributed by atoms with van der Waals surface area (Å²) in [6.45, 7) is 10.0. The van der Waals surface area contributed by atoms with E-state index in [1.807, 2.05) is 12.1 Å². The van der Waals surface area contributed by atoms with Crippen molar-refractivity contribution in [1.29, 1.82) is 0 Å². The summed E-state index contributed by atoms with van der Waals surface area (Å²) < 4.78 is 38.1. The van der Waals surface area contributed by atoms with Crippen LogP contribution >= 0.6 is 0 Å².